The molecule has 0 aliphatic carbocycles. The van der Waals surface area contributed by atoms with Crippen LogP contribution < -0.4 is 20.3 Å². The zero-order valence-corrected chi connectivity index (χ0v) is 16.3. The molecule has 1 saturated heterocycles. The summed E-state index contributed by atoms with van der Waals surface area (Å²) >= 11 is 0. The number of benzene rings is 2. The van der Waals surface area contributed by atoms with Crippen LogP contribution in [0.5, 0.6) is 5.75 Å². The van der Waals surface area contributed by atoms with Gasteiger partial charge in [-0.15, -0.1) is 0 Å². The SMILES string of the molecule is O=C1COc2ccc(S(=O)(=O)n3ncc4ccc(N5CCNCC5)cc43)cc2N1. The van der Waals surface area contributed by atoms with Crippen LogP contribution in [0.4, 0.5) is 11.4 Å². The Balaban J connectivity index is 1.57. The minimum atomic E-state index is -3.95. The highest BCUT2D eigenvalue weighted by Crippen LogP contribution is 2.32. The molecular formula is C19H19N5O4S. The van der Waals surface area contributed by atoms with Crippen molar-refractivity contribution < 1.29 is 17.9 Å². The van der Waals surface area contributed by atoms with E-state index in [1.165, 1.54) is 18.3 Å². The topological polar surface area (TPSA) is 106 Å². The van der Waals surface area contributed by atoms with Crippen LogP contribution in [0.25, 0.3) is 10.9 Å². The van der Waals surface area contributed by atoms with Gasteiger partial charge in [-0.1, -0.05) is 0 Å². The molecular weight excluding hydrogens is 394 g/mol. The molecule has 29 heavy (non-hydrogen) atoms. The first kappa shape index (κ1) is 18.0. The van der Waals surface area contributed by atoms with E-state index in [1.54, 1.807) is 6.07 Å². The molecule has 1 amide bonds. The first-order valence-corrected chi connectivity index (χ1v) is 10.7. The van der Waals surface area contributed by atoms with E-state index in [2.05, 4.69) is 20.6 Å². The highest BCUT2D eigenvalue weighted by molar-refractivity contribution is 7.90. The fourth-order valence-electron chi connectivity index (χ4n) is 3.62. The highest BCUT2D eigenvalue weighted by Gasteiger charge is 2.25. The number of carbonyl (C=O) groups is 1. The number of anilines is 2. The summed E-state index contributed by atoms with van der Waals surface area (Å²) < 4.78 is 32.9. The number of fused-ring (bicyclic) bond motifs is 2. The molecule has 0 unspecified atom stereocenters. The molecule has 3 aromatic rings. The van der Waals surface area contributed by atoms with Crippen molar-refractivity contribution in [1.29, 1.82) is 0 Å². The second-order valence-corrected chi connectivity index (χ2v) is 8.73. The van der Waals surface area contributed by atoms with Crippen LogP contribution in [0.3, 0.4) is 0 Å². The number of rotatable bonds is 3. The zero-order chi connectivity index (χ0) is 20.0. The largest absolute Gasteiger partial charge is 0.482 e. The molecule has 0 saturated carbocycles. The summed E-state index contributed by atoms with van der Waals surface area (Å²) in [4.78, 5) is 13.8. The van der Waals surface area contributed by atoms with E-state index < -0.39 is 10.0 Å². The Morgan fingerprint density at radius 1 is 1.07 bits per heavy atom. The number of ether oxygens (including phenoxy) is 1. The van der Waals surface area contributed by atoms with Crippen LogP contribution in [0.2, 0.25) is 0 Å². The predicted molar refractivity (Wildman–Crippen MR) is 108 cm³/mol. The van der Waals surface area contributed by atoms with Crippen LogP contribution in [-0.2, 0) is 14.8 Å². The molecule has 2 aliphatic rings. The molecule has 10 heteroatoms. The lowest BCUT2D eigenvalue weighted by atomic mass is 10.2. The lowest BCUT2D eigenvalue weighted by molar-refractivity contribution is -0.118. The minimum Gasteiger partial charge on any atom is -0.482 e. The zero-order valence-electron chi connectivity index (χ0n) is 15.5. The Labute approximate surface area is 167 Å². The monoisotopic (exact) mass is 413 g/mol. The predicted octanol–water partition coefficient (Wildman–Crippen LogP) is 1.01. The van der Waals surface area contributed by atoms with E-state index >= 15 is 0 Å². The molecule has 1 aromatic heterocycles. The van der Waals surface area contributed by atoms with Crippen molar-refractivity contribution in [2.75, 3.05) is 43.0 Å². The molecule has 2 aromatic carbocycles. The van der Waals surface area contributed by atoms with Crippen LogP contribution in [-0.4, -0.2) is 56.3 Å². The number of piperazine rings is 1. The maximum absolute atomic E-state index is 13.3. The maximum atomic E-state index is 13.3. The number of hydrogen-bond acceptors (Lipinski definition) is 7. The standard InChI is InChI=1S/C19H19N5O4S/c25-19-12-28-18-4-3-15(10-16(18)22-19)29(26,27)24-17-9-14(2-1-13(17)11-21-24)23-7-5-20-6-8-23/h1-4,9-11,20H,5-8,12H2,(H,22,25). The fourth-order valence-corrected chi connectivity index (χ4v) is 4.91. The molecule has 9 nitrogen and oxygen atoms in total. The van der Waals surface area contributed by atoms with E-state index in [4.69, 9.17) is 4.74 Å². The van der Waals surface area contributed by atoms with Crippen molar-refractivity contribution in [1.82, 2.24) is 14.5 Å². The third-order valence-electron chi connectivity index (χ3n) is 5.11. The van der Waals surface area contributed by atoms with Crippen molar-refractivity contribution in [3.8, 4) is 5.75 Å². The Morgan fingerprint density at radius 2 is 1.90 bits per heavy atom. The lowest BCUT2D eigenvalue weighted by Gasteiger charge is -2.29. The van der Waals surface area contributed by atoms with E-state index in [-0.39, 0.29) is 17.4 Å². The van der Waals surface area contributed by atoms with E-state index in [1.807, 2.05) is 18.2 Å². The van der Waals surface area contributed by atoms with Crippen molar-refractivity contribution in [2.24, 2.45) is 0 Å². The van der Waals surface area contributed by atoms with Gasteiger partial charge in [0.1, 0.15) is 5.75 Å². The molecule has 0 radical (unpaired) electrons. The molecule has 1 fully saturated rings. The second-order valence-electron chi connectivity index (χ2n) is 6.97. The molecule has 2 N–H and O–H groups in total. The van der Waals surface area contributed by atoms with Crippen molar-refractivity contribution in [2.45, 2.75) is 4.90 Å². The number of nitrogens with zero attached hydrogens (tertiary/aromatic N) is 3. The summed E-state index contributed by atoms with van der Waals surface area (Å²) in [6.45, 7) is 3.41. The van der Waals surface area contributed by atoms with Gasteiger partial charge in [0, 0.05) is 37.3 Å². The normalized spacial score (nSPS) is 17.0. The lowest BCUT2D eigenvalue weighted by Crippen LogP contribution is -2.43. The summed E-state index contributed by atoms with van der Waals surface area (Å²) in [5, 5.41) is 10.8. The number of hydrogen-bond donors (Lipinski definition) is 2. The summed E-state index contributed by atoms with van der Waals surface area (Å²) in [5.74, 6) is 0.118. The van der Waals surface area contributed by atoms with Crippen LogP contribution in [0.15, 0.2) is 47.5 Å². The molecule has 0 bridgehead atoms. The average molecular weight is 413 g/mol. The quantitative estimate of drug-likeness (QED) is 0.660. The molecule has 0 atom stereocenters. The number of aromatic nitrogens is 2. The summed E-state index contributed by atoms with van der Waals surface area (Å²) in [6.07, 6.45) is 1.54. The van der Waals surface area contributed by atoms with E-state index in [9.17, 15) is 13.2 Å². The van der Waals surface area contributed by atoms with Gasteiger partial charge in [-0.2, -0.15) is 17.6 Å². The third-order valence-corrected chi connectivity index (χ3v) is 6.71. The number of nitrogens with one attached hydrogen (secondary N) is 2. The molecule has 5 rings (SSSR count). The average Bonchev–Trinajstić information content (AvgIpc) is 3.18. The fraction of sp³-hybridized carbons (Fsp3) is 0.263. The van der Waals surface area contributed by atoms with Crippen molar-refractivity contribution in [3.63, 3.8) is 0 Å². The molecule has 2 aliphatic heterocycles. The minimum absolute atomic E-state index is 0.0274. The van der Waals surface area contributed by atoms with Gasteiger partial charge in [0.05, 0.1) is 22.3 Å². The molecule has 0 spiro atoms. The second kappa shape index (κ2) is 6.75. The van der Waals surface area contributed by atoms with E-state index in [0.29, 0.717) is 17.0 Å². The summed E-state index contributed by atoms with van der Waals surface area (Å²) in [6, 6.07) is 10.1. The van der Waals surface area contributed by atoms with Crippen LogP contribution in [0, 0.1) is 0 Å². The van der Waals surface area contributed by atoms with Gasteiger partial charge in [0.2, 0.25) is 0 Å². The van der Waals surface area contributed by atoms with Gasteiger partial charge in [-0.25, -0.2) is 0 Å². The molecule has 150 valence electrons. The third kappa shape index (κ3) is 3.10. The Bertz CT molecular complexity index is 1210. The van der Waals surface area contributed by atoms with Gasteiger partial charge in [-0.05, 0) is 36.4 Å². The molecule has 3 heterocycles. The van der Waals surface area contributed by atoms with Crippen LogP contribution >= 0.6 is 0 Å². The van der Waals surface area contributed by atoms with Gasteiger partial charge in [0.15, 0.2) is 6.61 Å². The van der Waals surface area contributed by atoms with Gasteiger partial charge < -0.3 is 20.3 Å². The maximum Gasteiger partial charge on any atom is 0.283 e. The first-order valence-electron chi connectivity index (χ1n) is 9.28. The van der Waals surface area contributed by atoms with Crippen molar-refractivity contribution >= 4 is 38.2 Å². The number of carbonyl (C=O) groups excluding carboxylic acids is 1. The first-order chi connectivity index (χ1) is 14.0. The Morgan fingerprint density at radius 3 is 2.72 bits per heavy atom. The van der Waals surface area contributed by atoms with Crippen molar-refractivity contribution in [3.05, 3.63) is 42.6 Å². The number of amides is 1. The van der Waals surface area contributed by atoms with Gasteiger partial charge in [-0.3, -0.25) is 4.79 Å². The summed E-state index contributed by atoms with van der Waals surface area (Å²) in [7, 11) is -3.95. The Kier molecular flexibility index (Phi) is 4.18. The summed E-state index contributed by atoms with van der Waals surface area (Å²) in [5.41, 5.74) is 1.81. The van der Waals surface area contributed by atoms with Gasteiger partial charge in [0.25, 0.3) is 15.9 Å². The van der Waals surface area contributed by atoms with Crippen LogP contribution in [0.1, 0.15) is 0 Å². The highest BCUT2D eigenvalue weighted by atomic mass is 32.2. The van der Waals surface area contributed by atoms with Gasteiger partial charge >= 0.3 is 0 Å². The van der Waals surface area contributed by atoms with E-state index in [0.717, 1.165) is 41.3 Å². The smallest absolute Gasteiger partial charge is 0.283 e. The Hall–Kier alpha value is -3.11.